The molecule has 100 valence electrons. The van der Waals surface area contributed by atoms with Crippen LogP contribution in [0.25, 0.3) is 10.9 Å². The van der Waals surface area contributed by atoms with E-state index in [4.69, 9.17) is 10.00 Å². The summed E-state index contributed by atoms with van der Waals surface area (Å²) in [4.78, 5) is 15.6. The predicted molar refractivity (Wildman–Crippen MR) is 78.4 cm³/mol. The number of carbonyl (C=O) groups is 1. The maximum absolute atomic E-state index is 11.2. The summed E-state index contributed by atoms with van der Waals surface area (Å²) in [6.07, 6.45) is 0.721. The fourth-order valence-electron chi connectivity index (χ4n) is 1.99. The minimum absolute atomic E-state index is 0.258. The van der Waals surface area contributed by atoms with Crippen molar-refractivity contribution < 1.29 is 9.53 Å². The van der Waals surface area contributed by atoms with Gasteiger partial charge in [0, 0.05) is 5.39 Å². The third-order valence-electron chi connectivity index (χ3n) is 3.04. The first-order valence-corrected chi connectivity index (χ1v) is 6.33. The number of pyridine rings is 1. The quantitative estimate of drug-likeness (QED) is 0.683. The molecule has 0 aliphatic carbocycles. The number of aromatic nitrogens is 1. The number of benzene rings is 2. The third kappa shape index (κ3) is 2.58. The lowest BCUT2D eigenvalue weighted by Crippen LogP contribution is -1.95. The summed E-state index contributed by atoms with van der Waals surface area (Å²) in [7, 11) is 0. The summed E-state index contributed by atoms with van der Waals surface area (Å²) in [6.45, 7) is 0. The van der Waals surface area contributed by atoms with E-state index in [1.54, 1.807) is 30.3 Å². The van der Waals surface area contributed by atoms with E-state index >= 15 is 0 Å². The highest BCUT2D eigenvalue weighted by molar-refractivity contribution is 5.88. The first-order chi connectivity index (χ1) is 10.3. The molecule has 0 amide bonds. The Morgan fingerprint density at radius 2 is 1.86 bits per heavy atom. The number of hydrogen-bond donors (Lipinski definition) is 0. The molecule has 0 unspecified atom stereocenters. The van der Waals surface area contributed by atoms with Crippen LogP contribution in [0.2, 0.25) is 0 Å². The Kier molecular flexibility index (Phi) is 3.32. The van der Waals surface area contributed by atoms with Crippen LogP contribution < -0.4 is 4.74 Å². The zero-order valence-electron chi connectivity index (χ0n) is 11.0. The molecule has 1 heterocycles. The molecule has 0 saturated heterocycles. The molecule has 4 heteroatoms. The molecule has 3 aromatic rings. The van der Waals surface area contributed by atoms with E-state index in [1.165, 1.54) is 0 Å². The van der Waals surface area contributed by atoms with Crippen LogP contribution in [0.3, 0.4) is 0 Å². The number of carbonyl (C=O) groups excluding carboxylic acids is 1. The van der Waals surface area contributed by atoms with Gasteiger partial charge in [0.25, 0.3) is 0 Å². The zero-order chi connectivity index (χ0) is 14.7. The molecule has 2 aromatic carbocycles. The summed E-state index contributed by atoms with van der Waals surface area (Å²) in [5, 5.41) is 9.65. The van der Waals surface area contributed by atoms with Crippen molar-refractivity contribution >= 4 is 17.2 Å². The van der Waals surface area contributed by atoms with Crippen LogP contribution in [0.1, 0.15) is 15.9 Å². The Hall–Kier alpha value is -3.19. The van der Waals surface area contributed by atoms with Crippen LogP contribution in [-0.2, 0) is 0 Å². The Balaban J connectivity index is 2.02. The van der Waals surface area contributed by atoms with E-state index in [0.717, 1.165) is 17.2 Å². The van der Waals surface area contributed by atoms with Gasteiger partial charge in [0.2, 0.25) is 5.88 Å². The highest BCUT2D eigenvalue weighted by atomic mass is 16.5. The lowest BCUT2D eigenvalue weighted by Gasteiger charge is -2.08. The predicted octanol–water partition coefficient (Wildman–Crippen LogP) is 3.71. The van der Waals surface area contributed by atoms with Gasteiger partial charge in [-0.3, -0.25) is 4.79 Å². The van der Waals surface area contributed by atoms with Gasteiger partial charge < -0.3 is 4.74 Å². The van der Waals surface area contributed by atoms with Crippen LogP contribution in [0.15, 0.2) is 54.6 Å². The topological polar surface area (TPSA) is 63.0 Å². The van der Waals surface area contributed by atoms with Crippen molar-refractivity contribution in [3.8, 4) is 17.7 Å². The first kappa shape index (κ1) is 12.8. The monoisotopic (exact) mass is 274 g/mol. The van der Waals surface area contributed by atoms with Gasteiger partial charge in [-0.25, -0.2) is 4.98 Å². The van der Waals surface area contributed by atoms with Crippen molar-refractivity contribution in [2.24, 2.45) is 0 Å². The minimum Gasteiger partial charge on any atom is -0.438 e. The molecular weight excluding hydrogens is 264 g/mol. The zero-order valence-corrected chi connectivity index (χ0v) is 11.0. The normalized spacial score (nSPS) is 10.0. The van der Waals surface area contributed by atoms with E-state index in [0.29, 0.717) is 16.9 Å². The van der Waals surface area contributed by atoms with Gasteiger partial charge in [-0.05, 0) is 36.4 Å². The third-order valence-corrected chi connectivity index (χ3v) is 3.04. The second kappa shape index (κ2) is 5.43. The van der Waals surface area contributed by atoms with Crippen molar-refractivity contribution in [1.29, 1.82) is 5.26 Å². The van der Waals surface area contributed by atoms with Crippen LogP contribution in [0, 0.1) is 11.3 Å². The Morgan fingerprint density at radius 3 is 2.57 bits per heavy atom. The van der Waals surface area contributed by atoms with Gasteiger partial charge in [0.1, 0.15) is 5.75 Å². The molecule has 0 saturated carbocycles. The lowest BCUT2D eigenvalue weighted by atomic mass is 10.1. The molecule has 0 N–H and O–H groups in total. The summed E-state index contributed by atoms with van der Waals surface area (Å²) in [5.74, 6) is 0.785. The van der Waals surface area contributed by atoms with Gasteiger partial charge in [0.05, 0.1) is 22.7 Å². The number of aldehydes is 1. The fraction of sp³-hybridized carbons (Fsp3) is 0. The van der Waals surface area contributed by atoms with E-state index in [1.807, 2.05) is 30.3 Å². The molecule has 1 aromatic heterocycles. The number of rotatable bonds is 3. The molecule has 0 bridgehead atoms. The number of hydrogen-bond acceptors (Lipinski definition) is 4. The van der Waals surface area contributed by atoms with Crippen LogP contribution in [0.4, 0.5) is 0 Å². The van der Waals surface area contributed by atoms with Gasteiger partial charge in [0.15, 0.2) is 6.29 Å². The van der Waals surface area contributed by atoms with E-state index in [9.17, 15) is 4.79 Å². The molecule has 0 aliphatic rings. The largest absolute Gasteiger partial charge is 0.438 e. The standard InChI is InChI=1S/C17H10N2O2/c18-10-12-5-7-15(8-6-12)21-17-14(11-20)9-13-3-1-2-4-16(13)19-17/h1-9,11H. The maximum Gasteiger partial charge on any atom is 0.230 e. The smallest absolute Gasteiger partial charge is 0.230 e. The number of fused-ring (bicyclic) bond motifs is 1. The molecule has 0 fully saturated rings. The van der Waals surface area contributed by atoms with Crippen LogP contribution in [0.5, 0.6) is 11.6 Å². The molecular formula is C17H10N2O2. The second-order valence-electron chi connectivity index (χ2n) is 4.43. The van der Waals surface area contributed by atoms with Gasteiger partial charge >= 0.3 is 0 Å². The summed E-state index contributed by atoms with van der Waals surface area (Å²) in [6, 6.07) is 17.9. The Labute approximate surface area is 121 Å². The SMILES string of the molecule is N#Cc1ccc(Oc2nc3ccccc3cc2C=O)cc1. The van der Waals surface area contributed by atoms with Crippen molar-refractivity contribution in [2.75, 3.05) is 0 Å². The summed E-state index contributed by atoms with van der Waals surface area (Å²) in [5.41, 5.74) is 1.69. The lowest BCUT2D eigenvalue weighted by molar-refractivity contribution is 0.112. The van der Waals surface area contributed by atoms with Crippen molar-refractivity contribution in [2.45, 2.75) is 0 Å². The van der Waals surface area contributed by atoms with Crippen LogP contribution in [-0.4, -0.2) is 11.3 Å². The molecule has 0 spiro atoms. The van der Waals surface area contributed by atoms with Crippen molar-refractivity contribution in [3.63, 3.8) is 0 Å². The van der Waals surface area contributed by atoms with Crippen molar-refractivity contribution in [1.82, 2.24) is 4.98 Å². The molecule has 3 rings (SSSR count). The average molecular weight is 274 g/mol. The molecule has 4 nitrogen and oxygen atoms in total. The van der Waals surface area contributed by atoms with Gasteiger partial charge in [-0.1, -0.05) is 18.2 Å². The van der Waals surface area contributed by atoms with E-state index < -0.39 is 0 Å². The van der Waals surface area contributed by atoms with E-state index in [-0.39, 0.29) is 5.88 Å². The summed E-state index contributed by atoms with van der Waals surface area (Å²) < 4.78 is 5.66. The van der Waals surface area contributed by atoms with Gasteiger partial charge in [-0.15, -0.1) is 0 Å². The Bertz CT molecular complexity index is 849. The molecule has 21 heavy (non-hydrogen) atoms. The Morgan fingerprint density at radius 1 is 1.10 bits per heavy atom. The van der Waals surface area contributed by atoms with E-state index in [2.05, 4.69) is 4.98 Å². The summed E-state index contributed by atoms with van der Waals surface area (Å²) >= 11 is 0. The highest BCUT2D eigenvalue weighted by Crippen LogP contribution is 2.26. The highest BCUT2D eigenvalue weighted by Gasteiger charge is 2.08. The average Bonchev–Trinajstić information content (AvgIpc) is 2.55. The number of nitrogens with zero attached hydrogens (tertiary/aromatic N) is 2. The van der Waals surface area contributed by atoms with Gasteiger partial charge in [-0.2, -0.15) is 5.26 Å². The maximum atomic E-state index is 11.2. The fourth-order valence-corrected chi connectivity index (χ4v) is 1.99. The molecule has 0 radical (unpaired) electrons. The number of para-hydroxylation sites is 1. The molecule has 0 aliphatic heterocycles. The van der Waals surface area contributed by atoms with Crippen LogP contribution >= 0.6 is 0 Å². The first-order valence-electron chi connectivity index (χ1n) is 6.33. The van der Waals surface area contributed by atoms with Crippen molar-refractivity contribution in [3.05, 3.63) is 65.7 Å². The minimum atomic E-state index is 0.258. The number of ether oxygens (including phenoxy) is 1. The molecule has 0 atom stereocenters. The number of nitriles is 1. The second-order valence-corrected chi connectivity index (χ2v) is 4.43.